The highest BCUT2D eigenvalue weighted by Gasteiger charge is 2.09. The summed E-state index contributed by atoms with van der Waals surface area (Å²) in [6.07, 6.45) is 2.39. The fourth-order valence-corrected chi connectivity index (χ4v) is 2.50. The van der Waals surface area contributed by atoms with Crippen molar-refractivity contribution in [2.24, 2.45) is 0 Å². The van der Waals surface area contributed by atoms with Crippen molar-refractivity contribution in [1.29, 1.82) is 5.26 Å². The first-order chi connectivity index (χ1) is 8.30. The van der Waals surface area contributed by atoms with Gasteiger partial charge in [-0.15, -0.1) is 11.8 Å². The summed E-state index contributed by atoms with van der Waals surface area (Å²) in [5.41, 5.74) is 1.98. The molecule has 1 aromatic heterocycles. The van der Waals surface area contributed by atoms with Gasteiger partial charge in [0, 0.05) is 22.0 Å². The lowest BCUT2D eigenvalue weighted by molar-refractivity contribution is 0.112. The largest absolute Gasteiger partial charge is 0.298 e. The van der Waals surface area contributed by atoms with E-state index in [1.165, 1.54) is 0 Å². The van der Waals surface area contributed by atoms with Crippen LogP contribution in [-0.2, 0) is 0 Å². The molecule has 0 radical (unpaired) electrons. The molecule has 2 aromatic rings. The molecule has 0 N–H and O–H groups in total. The molecule has 0 saturated carbocycles. The Kier molecular flexibility index (Phi) is 3.40. The summed E-state index contributed by atoms with van der Waals surface area (Å²) >= 11 is 1.60. The Labute approximate surface area is 103 Å². The zero-order chi connectivity index (χ0) is 12.3. The first-order valence-corrected chi connectivity index (χ1v) is 6.19. The van der Waals surface area contributed by atoms with E-state index in [0.717, 1.165) is 27.8 Å². The van der Waals surface area contributed by atoms with E-state index < -0.39 is 0 Å². The van der Waals surface area contributed by atoms with Crippen LogP contribution in [0.15, 0.2) is 29.3 Å². The Morgan fingerprint density at radius 1 is 1.53 bits per heavy atom. The molecule has 0 unspecified atom stereocenters. The lowest BCUT2D eigenvalue weighted by Gasteiger charge is -2.06. The van der Waals surface area contributed by atoms with Crippen molar-refractivity contribution in [3.05, 3.63) is 35.5 Å². The fraction of sp³-hybridized carbons (Fsp3) is 0.154. The van der Waals surface area contributed by atoms with Gasteiger partial charge in [-0.3, -0.25) is 9.78 Å². The Bertz CT molecular complexity index is 617. The van der Waals surface area contributed by atoms with Crippen molar-refractivity contribution >= 4 is 29.0 Å². The SMILES string of the molecule is CCSc1c(C#N)cnc2ccc(C=O)cc12. The van der Waals surface area contributed by atoms with Crippen LogP contribution >= 0.6 is 11.8 Å². The Morgan fingerprint density at radius 3 is 3.00 bits per heavy atom. The molecule has 0 aliphatic rings. The Balaban J connectivity index is 2.77. The molecule has 17 heavy (non-hydrogen) atoms. The number of benzene rings is 1. The smallest absolute Gasteiger partial charge is 0.150 e. The van der Waals surface area contributed by atoms with Gasteiger partial charge in [0.25, 0.3) is 0 Å². The van der Waals surface area contributed by atoms with Gasteiger partial charge in [0.1, 0.15) is 12.4 Å². The zero-order valence-electron chi connectivity index (χ0n) is 9.30. The highest BCUT2D eigenvalue weighted by atomic mass is 32.2. The van der Waals surface area contributed by atoms with Crippen molar-refractivity contribution in [3.8, 4) is 6.07 Å². The van der Waals surface area contributed by atoms with E-state index in [0.29, 0.717) is 11.1 Å². The zero-order valence-corrected chi connectivity index (χ0v) is 10.1. The highest BCUT2D eigenvalue weighted by molar-refractivity contribution is 7.99. The van der Waals surface area contributed by atoms with Crippen LogP contribution in [-0.4, -0.2) is 17.0 Å². The molecule has 0 spiro atoms. The fourth-order valence-electron chi connectivity index (χ4n) is 1.64. The van der Waals surface area contributed by atoms with Crippen LogP contribution in [0.25, 0.3) is 10.9 Å². The number of hydrogen-bond acceptors (Lipinski definition) is 4. The number of aromatic nitrogens is 1. The van der Waals surface area contributed by atoms with Crippen LogP contribution in [0.2, 0.25) is 0 Å². The minimum Gasteiger partial charge on any atom is -0.298 e. The van der Waals surface area contributed by atoms with Crippen molar-refractivity contribution < 1.29 is 4.79 Å². The third-order valence-corrected chi connectivity index (χ3v) is 3.40. The maximum Gasteiger partial charge on any atom is 0.150 e. The lowest BCUT2D eigenvalue weighted by atomic mass is 10.1. The number of carbonyl (C=O) groups excluding carboxylic acids is 1. The van der Waals surface area contributed by atoms with Crippen molar-refractivity contribution in [3.63, 3.8) is 0 Å². The molecule has 0 fully saturated rings. The summed E-state index contributed by atoms with van der Waals surface area (Å²) in [6, 6.07) is 7.46. The van der Waals surface area contributed by atoms with Gasteiger partial charge in [-0.2, -0.15) is 5.26 Å². The highest BCUT2D eigenvalue weighted by Crippen LogP contribution is 2.30. The number of carbonyl (C=O) groups is 1. The summed E-state index contributed by atoms with van der Waals surface area (Å²) in [5.74, 6) is 0.874. The van der Waals surface area contributed by atoms with Crippen molar-refractivity contribution in [1.82, 2.24) is 4.98 Å². The molecule has 0 amide bonds. The van der Waals surface area contributed by atoms with Crippen LogP contribution in [0.5, 0.6) is 0 Å². The number of rotatable bonds is 3. The van der Waals surface area contributed by atoms with Gasteiger partial charge in [0.15, 0.2) is 0 Å². The van der Waals surface area contributed by atoms with Gasteiger partial charge in [-0.05, 0) is 24.0 Å². The van der Waals surface area contributed by atoms with Gasteiger partial charge in [0.2, 0.25) is 0 Å². The quantitative estimate of drug-likeness (QED) is 0.613. The minimum atomic E-state index is 0.562. The molecular weight excluding hydrogens is 232 g/mol. The van der Waals surface area contributed by atoms with Crippen molar-refractivity contribution in [2.75, 3.05) is 5.75 Å². The van der Waals surface area contributed by atoms with E-state index in [1.54, 1.807) is 36.2 Å². The minimum absolute atomic E-state index is 0.562. The summed E-state index contributed by atoms with van der Waals surface area (Å²) in [5, 5.41) is 9.93. The molecule has 1 aromatic carbocycles. The van der Waals surface area contributed by atoms with E-state index in [1.807, 2.05) is 6.92 Å². The summed E-state index contributed by atoms with van der Waals surface area (Å²) in [6.45, 7) is 2.03. The number of nitriles is 1. The normalized spacial score (nSPS) is 10.1. The van der Waals surface area contributed by atoms with Crippen LogP contribution < -0.4 is 0 Å². The van der Waals surface area contributed by atoms with Gasteiger partial charge < -0.3 is 0 Å². The number of aldehydes is 1. The van der Waals surface area contributed by atoms with E-state index in [2.05, 4.69) is 11.1 Å². The van der Waals surface area contributed by atoms with Crippen LogP contribution in [0, 0.1) is 11.3 Å². The first-order valence-electron chi connectivity index (χ1n) is 5.21. The predicted molar refractivity (Wildman–Crippen MR) is 68.2 cm³/mol. The summed E-state index contributed by atoms with van der Waals surface area (Å²) < 4.78 is 0. The van der Waals surface area contributed by atoms with Gasteiger partial charge in [-0.1, -0.05) is 6.92 Å². The average molecular weight is 242 g/mol. The Hall–Kier alpha value is -1.86. The predicted octanol–water partition coefficient (Wildman–Crippen LogP) is 3.03. The molecule has 0 atom stereocenters. The number of thioether (sulfide) groups is 1. The standard InChI is InChI=1S/C13H10N2OS/c1-2-17-13-10(6-14)7-15-12-4-3-9(8-16)5-11(12)13/h3-5,7-8H,2H2,1H3. The second-order valence-corrected chi connectivity index (χ2v) is 4.71. The van der Waals surface area contributed by atoms with E-state index in [9.17, 15) is 4.79 Å². The van der Waals surface area contributed by atoms with Crippen LogP contribution in [0.3, 0.4) is 0 Å². The molecule has 0 aliphatic carbocycles. The number of nitrogens with zero attached hydrogens (tertiary/aromatic N) is 2. The first kappa shape index (κ1) is 11.6. The molecular formula is C13H10N2OS. The van der Waals surface area contributed by atoms with E-state index in [4.69, 9.17) is 5.26 Å². The lowest BCUT2D eigenvalue weighted by Crippen LogP contribution is -1.90. The van der Waals surface area contributed by atoms with Crippen LogP contribution in [0.1, 0.15) is 22.8 Å². The van der Waals surface area contributed by atoms with Gasteiger partial charge >= 0.3 is 0 Å². The van der Waals surface area contributed by atoms with Crippen molar-refractivity contribution in [2.45, 2.75) is 11.8 Å². The number of pyridine rings is 1. The number of hydrogen-bond donors (Lipinski definition) is 0. The summed E-state index contributed by atoms with van der Waals surface area (Å²) in [7, 11) is 0. The topological polar surface area (TPSA) is 53.8 Å². The number of fused-ring (bicyclic) bond motifs is 1. The second-order valence-electron chi connectivity index (χ2n) is 3.44. The molecule has 1 heterocycles. The van der Waals surface area contributed by atoms with Crippen LogP contribution in [0.4, 0.5) is 0 Å². The third-order valence-electron chi connectivity index (χ3n) is 2.39. The monoisotopic (exact) mass is 242 g/mol. The molecule has 0 bridgehead atoms. The van der Waals surface area contributed by atoms with Gasteiger partial charge in [-0.25, -0.2) is 0 Å². The molecule has 0 saturated heterocycles. The maximum absolute atomic E-state index is 10.8. The Morgan fingerprint density at radius 2 is 2.35 bits per heavy atom. The van der Waals surface area contributed by atoms with Gasteiger partial charge in [0.05, 0.1) is 11.1 Å². The maximum atomic E-state index is 10.8. The van der Waals surface area contributed by atoms with E-state index in [-0.39, 0.29) is 0 Å². The second kappa shape index (κ2) is 4.98. The molecule has 2 rings (SSSR count). The molecule has 4 heteroatoms. The third kappa shape index (κ3) is 2.15. The average Bonchev–Trinajstić information content (AvgIpc) is 2.39. The molecule has 3 nitrogen and oxygen atoms in total. The van der Waals surface area contributed by atoms with E-state index >= 15 is 0 Å². The summed E-state index contributed by atoms with van der Waals surface area (Å²) in [4.78, 5) is 15.9. The molecule has 0 aliphatic heterocycles. The molecule has 84 valence electrons.